The van der Waals surface area contributed by atoms with Gasteiger partial charge in [-0.15, -0.1) is 0 Å². The Kier molecular flexibility index (Phi) is 2.76. The van der Waals surface area contributed by atoms with Gasteiger partial charge in [0.05, 0.1) is 18.2 Å². The van der Waals surface area contributed by atoms with Gasteiger partial charge in [0, 0.05) is 23.6 Å². The third-order valence-electron chi connectivity index (χ3n) is 3.05. The SMILES string of the molecule is CCn1cncc1COc1ccc2[nH]ccc2c1. The fourth-order valence-corrected chi connectivity index (χ4v) is 2.03. The second-order valence-electron chi connectivity index (χ2n) is 4.19. The first-order valence-electron chi connectivity index (χ1n) is 6.06. The molecule has 3 rings (SSSR count). The lowest BCUT2D eigenvalue weighted by Gasteiger charge is -2.08. The number of aryl methyl sites for hydroxylation is 1. The van der Waals surface area contributed by atoms with E-state index in [0.29, 0.717) is 6.61 Å². The predicted octanol–water partition coefficient (Wildman–Crippen LogP) is 2.96. The third kappa shape index (κ3) is 1.97. The zero-order valence-electron chi connectivity index (χ0n) is 10.3. The summed E-state index contributed by atoms with van der Waals surface area (Å²) in [4.78, 5) is 7.29. The Hall–Kier alpha value is -2.23. The van der Waals surface area contributed by atoms with Crippen molar-refractivity contribution in [3.05, 3.63) is 48.7 Å². The van der Waals surface area contributed by atoms with E-state index in [9.17, 15) is 0 Å². The second-order valence-corrected chi connectivity index (χ2v) is 4.19. The molecule has 1 N–H and O–H groups in total. The van der Waals surface area contributed by atoms with E-state index in [1.54, 1.807) is 0 Å². The van der Waals surface area contributed by atoms with Crippen molar-refractivity contribution in [2.45, 2.75) is 20.1 Å². The Morgan fingerprint density at radius 1 is 1.33 bits per heavy atom. The molecule has 0 aliphatic rings. The van der Waals surface area contributed by atoms with Crippen LogP contribution in [0.1, 0.15) is 12.6 Å². The Balaban J connectivity index is 1.76. The molecular weight excluding hydrogens is 226 g/mol. The number of nitrogens with zero attached hydrogens (tertiary/aromatic N) is 2. The number of fused-ring (bicyclic) bond motifs is 1. The maximum absolute atomic E-state index is 5.80. The van der Waals surface area contributed by atoms with E-state index in [1.807, 2.05) is 43.0 Å². The molecule has 1 aromatic carbocycles. The van der Waals surface area contributed by atoms with Crippen LogP contribution in [0.2, 0.25) is 0 Å². The number of ether oxygens (including phenoxy) is 1. The van der Waals surface area contributed by atoms with Crippen molar-refractivity contribution in [3.63, 3.8) is 0 Å². The van der Waals surface area contributed by atoms with Gasteiger partial charge in [-0.25, -0.2) is 4.98 Å². The molecule has 0 atom stereocenters. The van der Waals surface area contributed by atoms with Crippen molar-refractivity contribution in [1.82, 2.24) is 14.5 Å². The number of aromatic amines is 1. The van der Waals surface area contributed by atoms with E-state index in [4.69, 9.17) is 4.74 Å². The molecule has 0 fully saturated rings. The molecule has 0 radical (unpaired) electrons. The molecule has 4 nitrogen and oxygen atoms in total. The van der Waals surface area contributed by atoms with Gasteiger partial charge in [0.25, 0.3) is 0 Å². The van der Waals surface area contributed by atoms with Crippen molar-refractivity contribution in [2.75, 3.05) is 0 Å². The first-order chi connectivity index (χ1) is 8.86. The summed E-state index contributed by atoms with van der Waals surface area (Å²) in [6.45, 7) is 3.55. The van der Waals surface area contributed by atoms with E-state index in [-0.39, 0.29) is 0 Å². The molecule has 0 saturated heterocycles. The van der Waals surface area contributed by atoms with E-state index < -0.39 is 0 Å². The molecule has 18 heavy (non-hydrogen) atoms. The lowest BCUT2D eigenvalue weighted by atomic mass is 10.2. The van der Waals surface area contributed by atoms with Gasteiger partial charge in [-0.1, -0.05) is 0 Å². The maximum atomic E-state index is 5.80. The van der Waals surface area contributed by atoms with Crippen molar-refractivity contribution >= 4 is 10.9 Å². The fourth-order valence-electron chi connectivity index (χ4n) is 2.03. The lowest BCUT2D eigenvalue weighted by molar-refractivity contribution is 0.296. The number of H-pyrrole nitrogens is 1. The van der Waals surface area contributed by atoms with Crippen LogP contribution in [0.25, 0.3) is 10.9 Å². The molecule has 0 saturated carbocycles. The Labute approximate surface area is 105 Å². The van der Waals surface area contributed by atoms with Crippen molar-refractivity contribution in [1.29, 1.82) is 0 Å². The summed E-state index contributed by atoms with van der Waals surface area (Å²) < 4.78 is 7.87. The topological polar surface area (TPSA) is 42.8 Å². The highest BCUT2D eigenvalue weighted by Gasteiger charge is 2.02. The molecule has 0 bridgehead atoms. The van der Waals surface area contributed by atoms with Gasteiger partial charge < -0.3 is 14.3 Å². The molecule has 2 heterocycles. The lowest BCUT2D eigenvalue weighted by Crippen LogP contribution is -2.03. The number of hydrogen-bond donors (Lipinski definition) is 1. The monoisotopic (exact) mass is 241 g/mol. The zero-order chi connectivity index (χ0) is 12.4. The summed E-state index contributed by atoms with van der Waals surface area (Å²) in [5.41, 5.74) is 2.22. The Morgan fingerprint density at radius 2 is 2.28 bits per heavy atom. The molecule has 0 aliphatic heterocycles. The summed E-state index contributed by atoms with van der Waals surface area (Å²) in [6, 6.07) is 8.09. The minimum absolute atomic E-state index is 0.545. The van der Waals surface area contributed by atoms with Crippen LogP contribution in [0.4, 0.5) is 0 Å². The number of hydrogen-bond acceptors (Lipinski definition) is 2. The van der Waals surface area contributed by atoms with E-state index in [0.717, 1.165) is 28.9 Å². The normalized spacial score (nSPS) is 10.9. The van der Waals surface area contributed by atoms with Crippen LogP contribution < -0.4 is 4.74 Å². The van der Waals surface area contributed by atoms with Gasteiger partial charge in [0.1, 0.15) is 12.4 Å². The first kappa shape index (κ1) is 10.9. The average Bonchev–Trinajstić information content (AvgIpc) is 3.04. The molecule has 3 aromatic rings. The highest BCUT2D eigenvalue weighted by atomic mass is 16.5. The molecule has 4 heteroatoms. The summed E-state index contributed by atoms with van der Waals surface area (Å²) in [7, 11) is 0. The quantitative estimate of drug-likeness (QED) is 0.763. The van der Waals surface area contributed by atoms with Crippen molar-refractivity contribution in [2.24, 2.45) is 0 Å². The summed E-state index contributed by atoms with van der Waals surface area (Å²) in [6.07, 6.45) is 5.60. The molecule has 0 spiro atoms. The van der Waals surface area contributed by atoms with E-state index in [2.05, 4.69) is 21.5 Å². The first-order valence-corrected chi connectivity index (χ1v) is 6.06. The smallest absolute Gasteiger partial charge is 0.130 e. The molecular formula is C14H15N3O. The summed E-state index contributed by atoms with van der Waals surface area (Å²) >= 11 is 0. The molecule has 0 unspecified atom stereocenters. The Bertz CT molecular complexity index is 654. The van der Waals surface area contributed by atoms with E-state index in [1.165, 1.54) is 0 Å². The number of aromatic nitrogens is 3. The van der Waals surface area contributed by atoms with Gasteiger partial charge in [0.15, 0.2) is 0 Å². The van der Waals surface area contributed by atoms with E-state index >= 15 is 0 Å². The van der Waals surface area contributed by atoms with Crippen LogP contribution >= 0.6 is 0 Å². The number of rotatable bonds is 4. The van der Waals surface area contributed by atoms with Crippen LogP contribution in [-0.2, 0) is 13.2 Å². The van der Waals surface area contributed by atoms with Crippen molar-refractivity contribution in [3.8, 4) is 5.75 Å². The fraction of sp³-hybridized carbons (Fsp3) is 0.214. The minimum atomic E-state index is 0.545. The van der Waals surface area contributed by atoms with Gasteiger partial charge in [-0.3, -0.25) is 0 Å². The van der Waals surface area contributed by atoms with Crippen LogP contribution in [0, 0.1) is 0 Å². The van der Waals surface area contributed by atoms with Crippen LogP contribution in [-0.4, -0.2) is 14.5 Å². The number of nitrogens with one attached hydrogen (secondary N) is 1. The second kappa shape index (κ2) is 4.56. The summed E-state index contributed by atoms with van der Waals surface area (Å²) in [5, 5.41) is 1.16. The summed E-state index contributed by atoms with van der Waals surface area (Å²) in [5.74, 6) is 0.881. The highest BCUT2D eigenvalue weighted by molar-refractivity contribution is 5.80. The predicted molar refractivity (Wildman–Crippen MR) is 70.5 cm³/mol. The Morgan fingerprint density at radius 3 is 3.17 bits per heavy atom. The molecule has 2 aromatic heterocycles. The zero-order valence-corrected chi connectivity index (χ0v) is 10.3. The van der Waals surface area contributed by atoms with Gasteiger partial charge in [0.2, 0.25) is 0 Å². The van der Waals surface area contributed by atoms with Gasteiger partial charge >= 0.3 is 0 Å². The van der Waals surface area contributed by atoms with Crippen LogP contribution in [0.15, 0.2) is 43.0 Å². The van der Waals surface area contributed by atoms with Gasteiger partial charge in [-0.2, -0.15) is 0 Å². The standard InChI is InChI=1S/C14H15N3O/c1-2-17-10-15-8-12(17)9-18-13-3-4-14-11(7-13)5-6-16-14/h3-8,10,16H,2,9H2,1H3. The number of imidazole rings is 1. The molecule has 92 valence electrons. The van der Waals surface area contributed by atoms with Crippen LogP contribution in [0.3, 0.4) is 0 Å². The third-order valence-corrected chi connectivity index (χ3v) is 3.05. The minimum Gasteiger partial charge on any atom is -0.487 e. The largest absolute Gasteiger partial charge is 0.487 e. The maximum Gasteiger partial charge on any atom is 0.130 e. The average molecular weight is 241 g/mol. The van der Waals surface area contributed by atoms with Crippen molar-refractivity contribution < 1.29 is 4.74 Å². The van der Waals surface area contributed by atoms with Crippen LogP contribution in [0.5, 0.6) is 5.75 Å². The molecule has 0 amide bonds. The number of benzene rings is 1. The van der Waals surface area contributed by atoms with Gasteiger partial charge in [-0.05, 0) is 31.2 Å². The highest BCUT2D eigenvalue weighted by Crippen LogP contribution is 2.20. The molecule has 0 aliphatic carbocycles.